The first-order valence-corrected chi connectivity index (χ1v) is 6.67. The Labute approximate surface area is 102 Å². The number of piperidine rings is 1. The third kappa shape index (κ3) is 9.97. The Hall–Kier alpha value is -0.570. The van der Waals surface area contributed by atoms with Crippen molar-refractivity contribution in [2.45, 2.75) is 47.0 Å². The van der Waals surface area contributed by atoms with Gasteiger partial charge in [-0.05, 0) is 32.4 Å². The quantitative estimate of drug-likeness (QED) is 0.577. The van der Waals surface area contributed by atoms with Gasteiger partial charge in [-0.25, -0.2) is 0 Å². The fourth-order valence-electron chi connectivity index (χ4n) is 1.57. The van der Waals surface area contributed by atoms with E-state index in [1.54, 1.807) is 0 Å². The fourth-order valence-corrected chi connectivity index (χ4v) is 1.57. The molecule has 0 aromatic heterocycles. The Kier molecular flexibility index (Phi) is 16.1. The van der Waals surface area contributed by atoms with Gasteiger partial charge < -0.3 is 10.2 Å². The zero-order valence-electron chi connectivity index (χ0n) is 11.8. The van der Waals surface area contributed by atoms with Crippen molar-refractivity contribution in [1.29, 1.82) is 5.41 Å². The summed E-state index contributed by atoms with van der Waals surface area (Å²) in [7, 11) is 2.00. The van der Waals surface area contributed by atoms with Crippen molar-refractivity contribution in [3.63, 3.8) is 0 Å². The van der Waals surface area contributed by atoms with E-state index < -0.39 is 0 Å². The predicted octanol–water partition coefficient (Wildman–Crippen LogP) is 2.97. The highest BCUT2D eigenvalue weighted by molar-refractivity contribution is 5.50. The second kappa shape index (κ2) is 14.4. The van der Waals surface area contributed by atoms with Crippen molar-refractivity contribution in [3.8, 4) is 0 Å². The lowest BCUT2D eigenvalue weighted by molar-refractivity contribution is 0.268. The fraction of sp³-hybridized carbons (Fsp3) is 0.923. The van der Waals surface area contributed by atoms with E-state index in [0.29, 0.717) is 0 Å². The topological polar surface area (TPSA) is 39.1 Å². The minimum absolute atomic E-state index is 0.830. The molecule has 2 N–H and O–H groups in total. The molecule has 0 atom stereocenters. The summed E-state index contributed by atoms with van der Waals surface area (Å²) in [6.07, 6.45) is 5.17. The van der Waals surface area contributed by atoms with Crippen LogP contribution in [-0.2, 0) is 0 Å². The number of hydrogen-bond donors (Lipinski definition) is 2. The lowest BCUT2D eigenvalue weighted by atomic mass is 9.97. The molecule has 1 rings (SSSR count). The van der Waals surface area contributed by atoms with Crippen molar-refractivity contribution in [2.75, 3.05) is 26.7 Å². The summed E-state index contributed by atoms with van der Waals surface area (Å²) in [6.45, 7) is 11.5. The van der Waals surface area contributed by atoms with E-state index >= 15 is 0 Å². The molecule has 0 spiro atoms. The molecule has 0 amide bonds. The molecular weight excluding hydrogens is 198 g/mol. The van der Waals surface area contributed by atoms with Crippen molar-refractivity contribution in [1.82, 2.24) is 10.2 Å². The number of nitrogens with one attached hydrogen (secondary N) is 2. The lowest BCUT2D eigenvalue weighted by Gasteiger charge is -2.29. The average Bonchev–Trinajstić information content (AvgIpc) is 2.34. The summed E-state index contributed by atoms with van der Waals surface area (Å²) in [5.41, 5.74) is 0. The molecule has 0 aromatic carbocycles. The Morgan fingerprint density at radius 1 is 1.25 bits per heavy atom. The molecule has 1 fully saturated rings. The molecule has 0 aliphatic carbocycles. The van der Waals surface area contributed by atoms with E-state index in [9.17, 15) is 0 Å². The van der Waals surface area contributed by atoms with Crippen LogP contribution < -0.4 is 5.32 Å². The zero-order valence-corrected chi connectivity index (χ0v) is 11.8. The standard InChI is InChI=1S/C8H17N3.C3H8.C2H6/c1-10-6-8-2-4-11(7-9)5-3-8;1-3-2;1-2/h7-10H,2-6H2,1H3;3H2,1-2H3;1-2H3. The summed E-state index contributed by atoms with van der Waals surface area (Å²) in [4.78, 5) is 2.08. The van der Waals surface area contributed by atoms with E-state index in [2.05, 4.69) is 24.1 Å². The number of likely N-dealkylation sites (tertiary alicyclic amines) is 1. The van der Waals surface area contributed by atoms with Crippen LogP contribution in [0.1, 0.15) is 47.0 Å². The Morgan fingerprint density at radius 3 is 2.00 bits per heavy atom. The van der Waals surface area contributed by atoms with Crippen LogP contribution in [-0.4, -0.2) is 37.9 Å². The maximum atomic E-state index is 7.05. The van der Waals surface area contributed by atoms with Crippen LogP contribution in [0.2, 0.25) is 0 Å². The molecule has 3 nitrogen and oxygen atoms in total. The molecule has 3 heteroatoms. The van der Waals surface area contributed by atoms with Crippen molar-refractivity contribution >= 4 is 6.34 Å². The zero-order chi connectivity index (χ0) is 12.8. The van der Waals surface area contributed by atoms with Gasteiger partial charge in [0.1, 0.15) is 0 Å². The van der Waals surface area contributed by atoms with Gasteiger partial charge in [-0.15, -0.1) is 0 Å². The Bertz CT molecular complexity index is 129. The second-order valence-corrected chi connectivity index (χ2v) is 3.87. The molecule has 0 bridgehead atoms. The first-order chi connectivity index (χ1) is 7.78. The third-order valence-corrected chi connectivity index (χ3v) is 2.32. The Morgan fingerprint density at radius 2 is 1.69 bits per heavy atom. The highest BCUT2D eigenvalue weighted by Gasteiger charge is 2.15. The average molecular weight is 229 g/mol. The van der Waals surface area contributed by atoms with E-state index in [1.165, 1.54) is 25.6 Å². The summed E-state index contributed by atoms with van der Waals surface area (Å²) < 4.78 is 0. The van der Waals surface area contributed by atoms with Crippen LogP contribution in [0.3, 0.4) is 0 Å². The summed E-state index contributed by atoms with van der Waals surface area (Å²) >= 11 is 0. The highest BCUT2D eigenvalue weighted by Crippen LogP contribution is 2.14. The van der Waals surface area contributed by atoms with E-state index in [-0.39, 0.29) is 0 Å². The van der Waals surface area contributed by atoms with Gasteiger partial charge in [-0.1, -0.05) is 34.1 Å². The van der Waals surface area contributed by atoms with E-state index in [4.69, 9.17) is 5.41 Å². The van der Waals surface area contributed by atoms with Gasteiger partial charge in [-0.3, -0.25) is 5.41 Å². The van der Waals surface area contributed by atoms with Crippen LogP contribution in [0, 0.1) is 11.3 Å². The first kappa shape index (κ1) is 17.8. The van der Waals surface area contributed by atoms with E-state index in [1.807, 2.05) is 20.9 Å². The molecule has 1 saturated heterocycles. The maximum Gasteiger partial charge on any atom is 0.0817 e. The van der Waals surface area contributed by atoms with Crippen LogP contribution in [0.25, 0.3) is 0 Å². The number of nitrogens with zero attached hydrogens (tertiary/aromatic N) is 1. The summed E-state index contributed by atoms with van der Waals surface area (Å²) in [6, 6.07) is 0. The van der Waals surface area contributed by atoms with Crippen molar-refractivity contribution in [2.24, 2.45) is 5.92 Å². The SMILES string of the molecule is CC.CCC.CNCC1CCN(C=N)CC1. The molecule has 0 aromatic rings. The summed E-state index contributed by atoms with van der Waals surface area (Å²) in [5, 5.41) is 10.2. The molecule has 0 saturated carbocycles. The van der Waals surface area contributed by atoms with Crippen LogP contribution >= 0.6 is 0 Å². The number of rotatable bonds is 3. The monoisotopic (exact) mass is 229 g/mol. The number of hydrogen-bond acceptors (Lipinski definition) is 2. The minimum atomic E-state index is 0.830. The summed E-state index contributed by atoms with van der Waals surface area (Å²) in [5.74, 6) is 0.830. The Balaban J connectivity index is 0. The molecule has 1 aliphatic heterocycles. The van der Waals surface area contributed by atoms with Gasteiger partial charge in [0.05, 0.1) is 6.34 Å². The molecule has 16 heavy (non-hydrogen) atoms. The molecule has 98 valence electrons. The van der Waals surface area contributed by atoms with Gasteiger partial charge in [0.25, 0.3) is 0 Å². The first-order valence-electron chi connectivity index (χ1n) is 6.67. The van der Waals surface area contributed by atoms with Crippen LogP contribution in [0.4, 0.5) is 0 Å². The smallest absolute Gasteiger partial charge is 0.0817 e. The van der Waals surface area contributed by atoms with Gasteiger partial charge in [0.15, 0.2) is 0 Å². The molecule has 1 aliphatic rings. The molecule has 1 heterocycles. The normalized spacial score (nSPS) is 15.4. The van der Waals surface area contributed by atoms with Crippen LogP contribution in [0.15, 0.2) is 0 Å². The van der Waals surface area contributed by atoms with Gasteiger partial charge >= 0.3 is 0 Å². The van der Waals surface area contributed by atoms with Gasteiger partial charge in [-0.2, -0.15) is 0 Å². The minimum Gasteiger partial charge on any atom is -0.363 e. The van der Waals surface area contributed by atoms with E-state index in [0.717, 1.165) is 25.6 Å². The van der Waals surface area contributed by atoms with Gasteiger partial charge in [0.2, 0.25) is 0 Å². The van der Waals surface area contributed by atoms with Crippen molar-refractivity contribution in [3.05, 3.63) is 0 Å². The third-order valence-electron chi connectivity index (χ3n) is 2.32. The van der Waals surface area contributed by atoms with Gasteiger partial charge in [0, 0.05) is 13.1 Å². The van der Waals surface area contributed by atoms with Crippen molar-refractivity contribution < 1.29 is 0 Å². The molecular formula is C13H31N3. The lowest BCUT2D eigenvalue weighted by Crippen LogP contribution is -2.35. The molecule has 0 unspecified atom stereocenters. The van der Waals surface area contributed by atoms with Crippen LogP contribution in [0.5, 0.6) is 0 Å². The predicted molar refractivity (Wildman–Crippen MR) is 74.3 cm³/mol. The largest absolute Gasteiger partial charge is 0.363 e. The highest BCUT2D eigenvalue weighted by atomic mass is 15.1. The second-order valence-electron chi connectivity index (χ2n) is 3.87. The molecule has 0 radical (unpaired) electrons. The maximum absolute atomic E-state index is 7.05.